The van der Waals surface area contributed by atoms with Gasteiger partial charge >= 0.3 is 6.03 Å². The van der Waals surface area contributed by atoms with Gasteiger partial charge < -0.3 is 9.80 Å². The maximum absolute atomic E-state index is 13.4. The first kappa shape index (κ1) is 22.5. The van der Waals surface area contributed by atoms with E-state index in [1.807, 2.05) is 35.7 Å². The molecule has 6 nitrogen and oxygen atoms in total. The second-order valence-corrected chi connectivity index (χ2v) is 9.66. The number of likely N-dealkylation sites (N-methyl/N-ethyl adjacent to an activating group) is 1. The van der Waals surface area contributed by atoms with Gasteiger partial charge in [-0.05, 0) is 52.5 Å². The molecule has 0 saturated carbocycles. The van der Waals surface area contributed by atoms with E-state index in [-0.39, 0.29) is 11.9 Å². The summed E-state index contributed by atoms with van der Waals surface area (Å²) in [6, 6.07) is 0.437. The molecule has 156 valence electrons. The second-order valence-electron chi connectivity index (χ2n) is 8.75. The largest absolute Gasteiger partial charge is 0.327 e. The molecule has 0 aromatic carbocycles. The van der Waals surface area contributed by atoms with Crippen molar-refractivity contribution in [3.05, 3.63) is 0 Å². The molecule has 1 unspecified atom stereocenters. The maximum atomic E-state index is 13.4. The molecule has 27 heavy (non-hydrogen) atoms. The van der Waals surface area contributed by atoms with Crippen LogP contribution in [-0.2, 0) is 4.79 Å². The molecule has 0 N–H and O–H groups in total. The lowest BCUT2D eigenvalue weighted by atomic mass is 9.85. The second kappa shape index (κ2) is 9.61. The molecule has 3 amide bonds. The summed E-state index contributed by atoms with van der Waals surface area (Å²) in [6.07, 6.45) is 4.59. The number of hydrogen-bond donors (Lipinski definition) is 0. The molecule has 2 saturated heterocycles. The molecule has 0 bridgehead atoms. The van der Waals surface area contributed by atoms with Crippen LogP contribution in [0.15, 0.2) is 0 Å². The fourth-order valence-corrected chi connectivity index (χ4v) is 4.83. The summed E-state index contributed by atoms with van der Waals surface area (Å²) in [5.41, 5.74) is -0.617. The van der Waals surface area contributed by atoms with Crippen LogP contribution >= 0.6 is 11.8 Å². The van der Waals surface area contributed by atoms with Crippen LogP contribution in [0.5, 0.6) is 0 Å². The lowest BCUT2D eigenvalue weighted by molar-refractivity contribution is -0.136. The highest BCUT2D eigenvalue weighted by molar-refractivity contribution is 7.98. The van der Waals surface area contributed by atoms with Crippen LogP contribution in [0.3, 0.4) is 0 Å². The summed E-state index contributed by atoms with van der Waals surface area (Å²) in [6.45, 7) is 10.3. The Morgan fingerprint density at radius 3 is 2.26 bits per heavy atom. The van der Waals surface area contributed by atoms with Gasteiger partial charge in [-0.3, -0.25) is 14.6 Å². The van der Waals surface area contributed by atoms with Crippen molar-refractivity contribution < 1.29 is 9.59 Å². The number of carbonyl (C=O) groups is 2. The monoisotopic (exact) mass is 398 g/mol. The molecule has 2 aliphatic heterocycles. The van der Waals surface area contributed by atoms with Gasteiger partial charge in [0, 0.05) is 44.5 Å². The third-order valence-electron chi connectivity index (χ3n) is 5.98. The minimum absolute atomic E-state index is 0.0373. The molecule has 2 aliphatic rings. The Kier molecular flexibility index (Phi) is 8.01. The van der Waals surface area contributed by atoms with Crippen molar-refractivity contribution in [3.8, 4) is 0 Å². The van der Waals surface area contributed by atoms with E-state index < -0.39 is 5.54 Å². The fraction of sp³-hybridized carbons (Fsp3) is 0.900. The van der Waals surface area contributed by atoms with Crippen LogP contribution in [0.25, 0.3) is 0 Å². The Bertz CT molecular complexity index is 518. The van der Waals surface area contributed by atoms with Crippen LogP contribution in [0.4, 0.5) is 4.79 Å². The van der Waals surface area contributed by atoms with Gasteiger partial charge in [-0.25, -0.2) is 4.79 Å². The molecular formula is C20H38N4O2S. The number of nitrogens with zero attached hydrogens (tertiary/aromatic N) is 4. The first-order chi connectivity index (χ1) is 12.7. The summed E-state index contributed by atoms with van der Waals surface area (Å²) in [7, 11) is 3.95. The Morgan fingerprint density at radius 1 is 1.11 bits per heavy atom. The van der Waals surface area contributed by atoms with Gasteiger partial charge in [0.25, 0.3) is 5.91 Å². The van der Waals surface area contributed by atoms with E-state index >= 15 is 0 Å². The summed E-state index contributed by atoms with van der Waals surface area (Å²) >= 11 is 1.86. The molecule has 0 radical (unpaired) electrons. The molecular weight excluding hydrogens is 360 g/mol. The summed E-state index contributed by atoms with van der Waals surface area (Å²) in [4.78, 5) is 34.4. The molecule has 1 spiro atoms. The topological polar surface area (TPSA) is 47.1 Å². The van der Waals surface area contributed by atoms with Gasteiger partial charge in [-0.1, -0.05) is 13.8 Å². The van der Waals surface area contributed by atoms with Gasteiger partial charge in [0.05, 0.1) is 0 Å². The number of hydrogen-bond acceptors (Lipinski definition) is 5. The van der Waals surface area contributed by atoms with Crippen molar-refractivity contribution in [1.82, 2.24) is 19.6 Å². The van der Waals surface area contributed by atoms with Crippen molar-refractivity contribution >= 4 is 23.7 Å². The summed E-state index contributed by atoms with van der Waals surface area (Å²) < 4.78 is 0. The van der Waals surface area contributed by atoms with Crippen molar-refractivity contribution in [1.29, 1.82) is 0 Å². The molecule has 1 atom stereocenters. The van der Waals surface area contributed by atoms with E-state index in [0.717, 1.165) is 38.1 Å². The van der Waals surface area contributed by atoms with Gasteiger partial charge in [0.2, 0.25) is 0 Å². The van der Waals surface area contributed by atoms with Crippen molar-refractivity contribution in [2.24, 2.45) is 5.92 Å². The lowest BCUT2D eigenvalue weighted by Gasteiger charge is -2.44. The van der Waals surface area contributed by atoms with Crippen LogP contribution < -0.4 is 0 Å². The standard InChI is InChI=1S/C20H38N4O2S/c1-16(2)7-10-24-19(26)23(14-13-21(4)5)18(25)20(24)8-11-22(12-9-20)17(3)15-27-6/h16-17H,7-15H2,1-6H3. The van der Waals surface area contributed by atoms with Gasteiger partial charge in [-0.15, -0.1) is 0 Å². The smallest absolute Gasteiger partial charge is 0.309 e. The van der Waals surface area contributed by atoms with E-state index in [1.165, 1.54) is 4.90 Å². The summed E-state index contributed by atoms with van der Waals surface area (Å²) in [5.74, 6) is 1.66. The zero-order valence-corrected chi connectivity index (χ0v) is 18.8. The van der Waals surface area contributed by atoms with E-state index in [2.05, 4.69) is 31.9 Å². The van der Waals surface area contributed by atoms with Crippen molar-refractivity contribution in [3.63, 3.8) is 0 Å². The molecule has 7 heteroatoms. The predicted molar refractivity (Wildman–Crippen MR) is 113 cm³/mol. The van der Waals surface area contributed by atoms with Gasteiger partial charge in [0.1, 0.15) is 5.54 Å². The van der Waals surface area contributed by atoms with Crippen molar-refractivity contribution in [2.45, 2.75) is 51.6 Å². The summed E-state index contributed by atoms with van der Waals surface area (Å²) in [5, 5.41) is 0. The highest BCUT2D eigenvalue weighted by atomic mass is 32.2. The zero-order valence-electron chi connectivity index (χ0n) is 18.0. The highest BCUT2D eigenvalue weighted by Gasteiger charge is 2.57. The van der Waals surface area contributed by atoms with Crippen LogP contribution in [-0.4, -0.2) is 102 Å². The molecule has 0 aliphatic carbocycles. The predicted octanol–water partition coefficient (Wildman–Crippen LogP) is 2.44. The molecule has 2 rings (SSSR count). The van der Waals surface area contributed by atoms with E-state index in [0.29, 0.717) is 31.6 Å². The number of urea groups is 1. The lowest BCUT2D eigenvalue weighted by Crippen LogP contribution is -2.58. The zero-order chi connectivity index (χ0) is 20.2. The van der Waals surface area contributed by atoms with Crippen LogP contribution in [0.1, 0.15) is 40.0 Å². The normalized spacial score (nSPS) is 21.9. The Labute approximate surface area is 169 Å². The molecule has 2 fully saturated rings. The maximum Gasteiger partial charge on any atom is 0.327 e. The number of amides is 3. The fourth-order valence-electron chi connectivity index (χ4n) is 4.14. The average Bonchev–Trinajstić information content (AvgIpc) is 2.79. The van der Waals surface area contributed by atoms with E-state index in [4.69, 9.17) is 0 Å². The van der Waals surface area contributed by atoms with Gasteiger partial charge in [-0.2, -0.15) is 11.8 Å². The van der Waals surface area contributed by atoms with Crippen LogP contribution in [0, 0.1) is 5.92 Å². The van der Waals surface area contributed by atoms with Crippen molar-refractivity contribution in [2.75, 3.05) is 58.8 Å². The first-order valence-corrected chi connectivity index (χ1v) is 11.6. The minimum atomic E-state index is -0.617. The Balaban J connectivity index is 2.17. The Morgan fingerprint density at radius 2 is 1.74 bits per heavy atom. The first-order valence-electron chi connectivity index (χ1n) is 10.2. The number of rotatable bonds is 9. The number of likely N-dealkylation sites (tertiary alicyclic amines) is 1. The Hall–Kier alpha value is -0.790. The average molecular weight is 399 g/mol. The third-order valence-corrected chi connectivity index (χ3v) is 6.79. The minimum Gasteiger partial charge on any atom is -0.309 e. The number of thioether (sulfide) groups is 1. The molecule has 0 aromatic heterocycles. The highest BCUT2D eigenvalue weighted by Crippen LogP contribution is 2.38. The molecule has 0 aromatic rings. The van der Waals surface area contributed by atoms with E-state index in [9.17, 15) is 9.59 Å². The number of piperidine rings is 1. The number of carbonyl (C=O) groups excluding carboxylic acids is 2. The third kappa shape index (κ3) is 4.98. The van der Waals surface area contributed by atoms with Crippen LogP contribution in [0.2, 0.25) is 0 Å². The number of imide groups is 1. The molecule has 2 heterocycles. The SMILES string of the molecule is CSCC(C)N1CCC2(CC1)C(=O)N(CCN(C)C)C(=O)N2CCC(C)C. The van der Waals surface area contributed by atoms with E-state index in [1.54, 1.807) is 0 Å². The quantitative estimate of drug-likeness (QED) is 0.558. The van der Waals surface area contributed by atoms with Gasteiger partial charge in [0.15, 0.2) is 0 Å².